The summed E-state index contributed by atoms with van der Waals surface area (Å²) in [6.45, 7) is -0.0300. The highest BCUT2D eigenvalue weighted by molar-refractivity contribution is 8.14. The van der Waals surface area contributed by atoms with Crippen LogP contribution in [0.1, 0.15) is 0 Å². The summed E-state index contributed by atoms with van der Waals surface area (Å²) in [4.78, 5) is 14.0. The van der Waals surface area contributed by atoms with Gasteiger partial charge in [-0.1, -0.05) is 11.8 Å². The molecular formula is C5H8N2O3S. The first-order chi connectivity index (χ1) is 5.22. The first-order valence-electron chi connectivity index (χ1n) is 3.04. The van der Waals surface area contributed by atoms with Gasteiger partial charge in [0.2, 0.25) is 0 Å². The summed E-state index contributed by atoms with van der Waals surface area (Å²) >= 11 is 1.30. The number of carboxylic acid groups (broad SMARTS) is 1. The van der Waals surface area contributed by atoms with Crippen molar-refractivity contribution in [2.24, 2.45) is 4.99 Å². The van der Waals surface area contributed by atoms with Gasteiger partial charge in [-0.05, 0) is 0 Å². The van der Waals surface area contributed by atoms with E-state index in [1.165, 1.54) is 11.8 Å². The summed E-state index contributed by atoms with van der Waals surface area (Å²) in [5.74, 6) is 0.645. The fourth-order valence-electron chi connectivity index (χ4n) is 0.669. The molecule has 1 atom stereocenters. The fourth-order valence-corrected chi connectivity index (χ4v) is 1.58. The van der Waals surface area contributed by atoms with Gasteiger partial charge in [0.25, 0.3) is 0 Å². The van der Waals surface area contributed by atoms with Gasteiger partial charge in [0, 0.05) is 5.75 Å². The van der Waals surface area contributed by atoms with Gasteiger partial charge in [0.05, 0.1) is 12.6 Å². The van der Waals surface area contributed by atoms with Gasteiger partial charge in [-0.2, -0.15) is 0 Å². The average Bonchev–Trinajstić information content (AvgIpc) is 2.34. The second-order valence-corrected chi connectivity index (χ2v) is 3.02. The second-order valence-electron chi connectivity index (χ2n) is 2.01. The van der Waals surface area contributed by atoms with E-state index in [9.17, 15) is 4.79 Å². The summed E-state index contributed by atoms with van der Waals surface area (Å²) in [5, 5.41) is 19.4. The number of nitrogens with zero attached hydrogens (tertiary/aromatic N) is 1. The number of rotatable bonds is 1. The number of aliphatic imine (C=N–C) groups is 1. The van der Waals surface area contributed by atoms with E-state index >= 15 is 0 Å². The number of carbonyl (C=O) groups is 1. The van der Waals surface area contributed by atoms with Crippen LogP contribution in [0.4, 0.5) is 4.79 Å². The Balaban J connectivity index is 2.42. The first kappa shape index (κ1) is 8.35. The van der Waals surface area contributed by atoms with E-state index in [1.54, 1.807) is 0 Å². The van der Waals surface area contributed by atoms with Gasteiger partial charge in [-0.15, -0.1) is 0 Å². The molecule has 1 amide bonds. The number of amides is 1. The molecule has 1 aliphatic heterocycles. The fraction of sp³-hybridized carbons (Fsp3) is 0.600. The molecule has 0 radical (unpaired) electrons. The van der Waals surface area contributed by atoms with Crippen LogP contribution in [0.5, 0.6) is 0 Å². The van der Waals surface area contributed by atoms with Gasteiger partial charge < -0.3 is 10.2 Å². The molecule has 1 rings (SSSR count). The molecule has 5 nitrogen and oxygen atoms in total. The van der Waals surface area contributed by atoms with Crippen molar-refractivity contribution in [1.82, 2.24) is 5.32 Å². The molecule has 6 heteroatoms. The molecule has 0 aromatic rings. The first-order valence-corrected chi connectivity index (χ1v) is 4.02. The van der Waals surface area contributed by atoms with Crippen LogP contribution in [0.2, 0.25) is 0 Å². The highest BCUT2D eigenvalue weighted by Gasteiger charge is 2.18. The Labute approximate surface area is 67.5 Å². The Bertz CT molecular complexity index is 194. The number of hydrogen-bond acceptors (Lipinski definition) is 4. The molecule has 0 saturated carbocycles. The van der Waals surface area contributed by atoms with Gasteiger partial charge >= 0.3 is 6.09 Å². The minimum atomic E-state index is -1.12. The minimum absolute atomic E-state index is 0.0300. The lowest BCUT2D eigenvalue weighted by molar-refractivity contribution is 0.200. The molecule has 11 heavy (non-hydrogen) atoms. The molecule has 1 aliphatic rings. The van der Waals surface area contributed by atoms with E-state index in [-0.39, 0.29) is 12.6 Å². The van der Waals surface area contributed by atoms with Gasteiger partial charge in [0.1, 0.15) is 0 Å². The smallest absolute Gasteiger partial charge is 0.410 e. The number of nitrogens with one attached hydrogen (secondary N) is 1. The van der Waals surface area contributed by atoms with Crippen LogP contribution < -0.4 is 5.32 Å². The molecule has 1 heterocycles. The highest BCUT2D eigenvalue weighted by atomic mass is 32.2. The Morgan fingerprint density at radius 3 is 3.09 bits per heavy atom. The van der Waals surface area contributed by atoms with Crippen LogP contribution in [0.25, 0.3) is 0 Å². The predicted octanol–water partition coefficient (Wildman–Crippen LogP) is -0.282. The van der Waals surface area contributed by atoms with Crippen molar-refractivity contribution in [3.05, 3.63) is 0 Å². The third kappa shape index (κ3) is 2.39. The standard InChI is InChI=1S/C5H8N2O3S/c8-1-3-2-11-4(6-3)7-5(9)10/h3,8H,1-2H2,(H,6,7)(H,9,10)/t3-/m1/s1. The SMILES string of the molecule is O=C(O)NC1=N[C@H](CO)CS1. The monoisotopic (exact) mass is 176 g/mol. The maximum absolute atomic E-state index is 10.1. The Morgan fingerprint density at radius 1 is 1.91 bits per heavy atom. The number of aliphatic hydroxyl groups excluding tert-OH is 1. The van der Waals surface area contributed by atoms with Crippen LogP contribution in [-0.4, -0.2) is 39.9 Å². The topological polar surface area (TPSA) is 81.9 Å². The normalized spacial score (nSPS) is 23.0. The largest absolute Gasteiger partial charge is 0.465 e. The molecule has 0 aromatic heterocycles. The Kier molecular flexibility index (Phi) is 2.72. The van der Waals surface area contributed by atoms with Crippen LogP contribution in [0.3, 0.4) is 0 Å². The molecular weight excluding hydrogens is 168 g/mol. The van der Waals surface area contributed by atoms with Crippen molar-refractivity contribution < 1.29 is 15.0 Å². The third-order valence-electron chi connectivity index (χ3n) is 1.14. The number of hydrogen-bond donors (Lipinski definition) is 3. The zero-order chi connectivity index (χ0) is 8.27. The second kappa shape index (κ2) is 3.59. The summed E-state index contributed by atoms with van der Waals surface area (Å²) in [7, 11) is 0. The van der Waals surface area contributed by atoms with Crippen molar-refractivity contribution in [3.63, 3.8) is 0 Å². The number of aliphatic hydroxyl groups is 1. The number of thioether (sulfide) groups is 1. The molecule has 0 unspecified atom stereocenters. The summed E-state index contributed by atoms with van der Waals surface area (Å²) in [6, 6.07) is -0.151. The van der Waals surface area contributed by atoms with Crippen molar-refractivity contribution in [2.75, 3.05) is 12.4 Å². The van der Waals surface area contributed by atoms with Crippen molar-refractivity contribution in [3.8, 4) is 0 Å². The summed E-state index contributed by atoms with van der Waals surface area (Å²) in [6.07, 6.45) is -1.12. The van der Waals surface area contributed by atoms with E-state index in [0.29, 0.717) is 10.9 Å². The molecule has 62 valence electrons. The van der Waals surface area contributed by atoms with Crippen LogP contribution in [0, 0.1) is 0 Å². The maximum atomic E-state index is 10.1. The zero-order valence-electron chi connectivity index (χ0n) is 5.65. The highest BCUT2D eigenvalue weighted by Crippen LogP contribution is 2.15. The summed E-state index contributed by atoms with van der Waals surface area (Å²) in [5.41, 5.74) is 0. The lowest BCUT2D eigenvalue weighted by Gasteiger charge is -1.95. The van der Waals surface area contributed by atoms with E-state index in [2.05, 4.69) is 10.3 Å². The van der Waals surface area contributed by atoms with Gasteiger partial charge in [0.15, 0.2) is 5.17 Å². The lowest BCUT2D eigenvalue weighted by Crippen LogP contribution is -2.25. The van der Waals surface area contributed by atoms with E-state index < -0.39 is 6.09 Å². The van der Waals surface area contributed by atoms with Crippen molar-refractivity contribution in [2.45, 2.75) is 6.04 Å². The van der Waals surface area contributed by atoms with Crippen molar-refractivity contribution >= 4 is 23.0 Å². The third-order valence-corrected chi connectivity index (χ3v) is 2.17. The lowest BCUT2D eigenvalue weighted by atomic mass is 10.4. The Hall–Kier alpha value is -0.750. The van der Waals surface area contributed by atoms with Gasteiger partial charge in [-0.25, -0.2) is 4.79 Å². The number of amidine groups is 1. The maximum Gasteiger partial charge on any atom is 0.410 e. The van der Waals surface area contributed by atoms with E-state index in [0.717, 1.165) is 0 Å². The van der Waals surface area contributed by atoms with Crippen molar-refractivity contribution in [1.29, 1.82) is 0 Å². The van der Waals surface area contributed by atoms with Gasteiger partial charge in [-0.3, -0.25) is 10.3 Å². The predicted molar refractivity (Wildman–Crippen MR) is 41.9 cm³/mol. The zero-order valence-corrected chi connectivity index (χ0v) is 6.47. The Morgan fingerprint density at radius 2 is 2.64 bits per heavy atom. The average molecular weight is 176 g/mol. The van der Waals surface area contributed by atoms with Crippen LogP contribution in [0.15, 0.2) is 4.99 Å². The molecule has 0 fully saturated rings. The van der Waals surface area contributed by atoms with Crippen LogP contribution >= 0.6 is 11.8 Å². The molecule has 0 saturated heterocycles. The van der Waals surface area contributed by atoms with Crippen LogP contribution in [-0.2, 0) is 0 Å². The molecule has 0 aliphatic carbocycles. The quantitative estimate of drug-likeness (QED) is 0.513. The molecule has 0 bridgehead atoms. The van der Waals surface area contributed by atoms with E-state index in [1.807, 2.05) is 0 Å². The minimum Gasteiger partial charge on any atom is -0.465 e. The summed E-state index contributed by atoms with van der Waals surface area (Å²) < 4.78 is 0. The molecule has 0 spiro atoms. The molecule has 3 N–H and O–H groups in total. The van der Waals surface area contributed by atoms with E-state index in [4.69, 9.17) is 10.2 Å². The molecule has 0 aromatic carbocycles.